The van der Waals surface area contributed by atoms with Crippen LogP contribution in [-0.2, 0) is 9.53 Å². The Morgan fingerprint density at radius 2 is 2.12 bits per heavy atom. The Bertz CT molecular complexity index is 233. The van der Waals surface area contributed by atoms with Gasteiger partial charge in [-0.1, -0.05) is 6.92 Å². The summed E-state index contributed by atoms with van der Waals surface area (Å²) in [6, 6.07) is 0.683. The van der Waals surface area contributed by atoms with Crippen molar-refractivity contribution in [3.05, 3.63) is 0 Å². The lowest BCUT2D eigenvalue weighted by atomic mass is 10.1. The van der Waals surface area contributed by atoms with Crippen LogP contribution < -0.4 is 0 Å². The Hall–Kier alpha value is -0.570. The van der Waals surface area contributed by atoms with Gasteiger partial charge in [-0.25, -0.2) is 0 Å². The fourth-order valence-corrected chi connectivity index (χ4v) is 2.28. The van der Waals surface area contributed by atoms with E-state index >= 15 is 0 Å². The van der Waals surface area contributed by atoms with Gasteiger partial charge in [-0.3, -0.25) is 9.69 Å². The highest BCUT2D eigenvalue weighted by Crippen LogP contribution is 2.20. The second-order valence-electron chi connectivity index (χ2n) is 5.58. The molecule has 1 saturated heterocycles. The van der Waals surface area contributed by atoms with Crippen molar-refractivity contribution in [2.45, 2.75) is 65.0 Å². The fraction of sp³-hybridized carbons (Fsp3) is 0.923. The number of hydrogen-bond donors (Lipinski definition) is 0. The van der Waals surface area contributed by atoms with Crippen LogP contribution in [0.15, 0.2) is 0 Å². The lowest BCUT2D eigenvalue weighted by Gasteiger charge is -2.24. The molecule has 1 fully saturated rings. The van der Waals surface area contributed by atoms with E-state index in [1.165, 1.54) is 19.3 Å². The zero-order valence-electron chi connectivity index (χ0n) is 11.1. The van der Waals surface area contributed by atoms with Crippen LogP contribution in [0.4, 0.5) is 0 Å². The molecule has 0 aromatic heterocycles. The summed E-state index contributed by atoms with van der Waals surface area (Å²) in [4.78, 5) is 14.0. The summed E-state index contributed by atoms with van der Waals surface area (Å²) in [7, 11) is 0. The lowest BCUT2D eigenvalue weighted by molar-refractivity contribution is -0.155. The zero-order chi connectivity index (χ0) is 12.2. The average molecular weight is 227 g/mol. The van der Waals surface area contributed by atoms with Gasteiger partial charge in [0.25, 0.3) is 0 Å². The molecule has 0 bridgehead atoms. The molecule has 0 saturated carbocycles. The number of ether oxygens (including phenoxy) is 1. The monoisotopic (exact) mass is 227 g/mol. The van der Waals surface area contributed by atoms with E-state index in [0.29, 0.717) is 12.5 Å². The molecule has 0 amide bonds. The third kappa shape index (κ3) is 4.52. The minimum absolute atomic E-state index is 0.0748. The first-order valence-corrected chi connectivity index (χ1v) is 6.38. The molecule has 0 aromatic rings. The molecule has 0 aliphatic carbocycles. The molecule has 0 spiro atoms. The van der Waals surface area contributed by atoms with Gasteiger partial charge >= 0.3 is 5.97 Å². The van der Waals surface area contributed by atoms with Crippen molar-refractivity contribution in [2.75, 3.05) is 13.1 Å². The second-order valence-corrected chi connectivity index (χ2v) is 5.58. The minimum Gasteiger partial charge on any atom is -0.460 e. The molecule has 1 aliphatic heterocycles. The predicted octanol–water partition coefficient (Wildman–Crippen LogP) is 2.59. The van der Waals surface area contributed by atoms with Crippen LogP contribution in [0.1, 0.15) is 53.4 Å². The quantitative estimate of drug-likeness (QED) is 0.691. The molecule has 1 aliphatic rings. The normalized spacial score (nSPS) is 22.4. The van der Waals surface area contributed by atoms with Crippen molar-refractivity contribution < 1.29 is 9.53 Å². The molecule has 0 radical (unpaired) electrons. The Kier molecular flexibility index (Phi) is 4.78. The summed E-state index contributed by atoms with van der Waals surface area (Å²) in [5, 5.41) is 0. The third-order valence-electron chi connectivity index (χ3n) is 2.99. The van der Waals surface area contributed by atoms with Crippen LogP contribution in [0.5, 0.6) is 0 Å². The van der Waals surface area contributed by atoms with E-state index in [4.69, 9.17) is 4.74 Å². The topological polar surface area (TPSA) is 29.5 Å². The Morgan fingerprint density at radius 3 is 2.69 bits per heavy atom. The van der Waals surface area contributed by atoms with E-state index in [-0.39, 0.29) is 11.6 Å². The highest BCUT2D eigenvalue weighted by atomic mass is 16.6. The van der Waals surface area contributed by atoms with Gasteiger partial charge in [-0.15, -0.1) is 0 Å². The average Bonchev–Trinajstić information content (AvgIpc) is 2.59. The lowest BCUT2D eigenvalue weighted by Crippen LogP contribution is -2.32. The number of likely N-dealkylation sites (tertiary alicyclic amines) is 1. The van der Waals surface area contributed by atoms with Crippen molar-refractivity contribution in [2.24, 2.45) is 0 Å². The number of esters is 1. The van der Waals surface area contributed by atoms with Gasteiger partial charge in [0.2, 0.25) is 0 Å². The predicted molar refractivity (Wildman–Crippen MR) is 65.3 cm³/mol. The summed E-state index contributed by atoms with van der Waals surface area (Å²) >= 11 is 0. The summed E-state index contributed by atoms with van der Waals surface area (Å²) < 4.78 is 5.30. The van der Waals surface area contributed by atoms with Gasteiger partial charge in [-0.05, 0) is 46.6 Å². The first-order valence-electron chi connectivity index (χ1n) is 6.38. The van der Waals surface area contributed by atoms with Crippen LogP contribution in [-0.4, -0.2) is 35.6 Å². The smallest absolute Gasteiger partial charge is 0.307 e. The number of carbonyl (C=O) groups is 1. The van der Waals surface area contributed by atoms with Crippen molar-refractivity contribution in [3.63, 3.8) is 0 Å². The summed E-state index contributed by atoms with van der Waals surface area (Å²) in [6.45, 7) is 9.95. The Balaban J connectivity index is 2.26. The molecular weight excluding hydrogens is 202 g/mol. The van der Waals surface area contributed by atoms with Crippen LogP contribution in [0.3, 0.4) is 0 Å². The fourth-order valence-electron chi connectivity index (χ4n) is 2.28. The molecule has 16 heavy (non-hydrogen) atoms. The number of hydrogen-bond acceptors (Lipinski definition) is 3. The van der Waals surface area contributed by atoms with Gasteiger partial charge in [0, 0.05) is 12.6 Å². The van der Waals surface area contributed by atoms with Crippen molar-refractivity contribution >= 4 is 5.97 Å². The highest BCUT2D eigenvalue weighted by Gasteiger charge is 2.24. The van der Waals surface area contributed by atoms with Crippen LogP contribution >= 0.6 is 0 Å². The van der Waals surface area contributed by atoms with Crippen molar-refractivity contribution in [1.82, 2.24) is 4.90 Å². The van der Waals surface area contributed by atoms with E-state index in [2.05, 4.69) is 11.8 Å². The summed E-state index contributed by atoms with van der Waals surface area (Å²) in [5.41, 5.74) is -0.355. The number of nitrogens with zero attached hydrogens (tertiary/aromatic N) is 1. The molecule has 0 N–H and O–H groups in total. The van der Waals surface area contributed by atoms with E-state index in [0.717, 1.165) is 13.1 Å². The molecule has 1 heterocycles. The third-order valence-corrected chi connectivity index (χ3v) is 2.99. The zero-order valence-corrected chi connectivity index (χ0v) is 11.1. The van der Waals surface area contributed by atoms with Crippen LogP contribution in [0, 0.1) is 0 Å². The SMILES string of the molecule is CCC1CCCN1CCC(=O)OC(C)(C)C. The maximum absolute atomic E-state index is 11.6. The first kappa shape index (κ1) is 13.5. The molecule has 3 nitrogen and oxygen atoms in total. The molecule has 1 atom stereocenters. The number of rotatable bonds is 4. The number of carbonyl (C=O) groups excluding carboxylic acids is 1. The second kappa shape index (κ2) is 5.67. The van der Waals surface area contributed by atoms with Crippen molar-refractivity contribution in [1.29, 1.82) is 0 Å². The first-order chi connectivity index (χ1) is 7.42. The van der Waals surface area contributed by atoms with Crippen LogP contribution in [0.25, 0.3) is 0 Å². The molecule has 0 aromatic carbocycles. The maximum atomic E-state index is 11.6. The van der Waals surface area contributed by atoms with E-state index in [1.54, 1.807) is 0 Å². The molecule has 3 heteroatoms. The van der Waals surface area contributed by atoms with E-state index in [9.17, 15) is 4.79 Å². The van der Waals surface area contributed by atoms with Crippen LogP contribution in [0.2, 0.25) is 0 Å². The Morgan fingerprint density at radius 1 is 1.44 bits per heavy atom. The van der Waals surface area contributed by atoms with Gasteiger partial charge in [0.05, 0.1) is 6.42 Å². The van der Waals surface area contributed by atoms with E-state index in [1.807, 2.05) is 20.8 Å². The van der Waals surface area contributed by atoms with Gasteiger partial charge in [0.1, 0.15) is 5.60 Å². The highest BCUT2D eigenvalue weighted by molar-refractivity contribution is 5.70. The molecule has 1 rings (SSSR count). The van der Waals surface area contributed by atoms with E-state index < -0.39 is 0 Å². The molecular formula is C13H25NO2. The Labute approximate surface area is 99.1 Å². The summed E-state index contributed by atoms with van der Waals surface area (Å²) in [6.07, 6.45) is 4.26. The minimum atomic E-state index is -0.355. The van der Waals surface area contributed by atoms with Crippen molar-refractivity contribution in [3.8, 4) is 0 Å². The molecule has 1 unspecified atom stereocenters. The van der Waals surface area contributed by atoms with Gasteiger partial charge in [0.15, 0.2) is 0 Å². The standard InChI is InChI=1S/C13H25NO2/c1-5-11-7-6-9-14(11)10-8-12(15)16-13(2,3)4/h11H,5-10H2,1-4H3. The van der Waals surface area contributed by atoms with Gasteiger partial charge < -0.3 is 4.74 Å². The van der Waals surface area contributed by atoms with Gasteiger partial charge in [-0.2, -0.15) is 0 Å². The summed E-state index contributed by atoms with van der Waals surface area (Å²) in [5.74, 6) is -0.0748. The molecule has 94 valence electrons. The maximum Gasteiger partial charge on any atom is 0.307 e. The largest absolute Gasteiger partial charge is 0.460 e.